The number of para-hydroxylation sites is 1. The topological polar surface area (TPSA) is 67.9 Å². The van der Waals surface area contributed by atoms with Crippen molar-refractivity contribution in [2.75, 3.05) is 44.2 Å². The molecule has 0 atom stereocenters. The summed E-state index contributed by atoms with van der Waals surface area (Å²) in [4.78, 5) is 31.1. The molecule has 7 nitrogen and oxygen atoms in total. The number of urea groups is 2. The number of amides is 4. The second-order valence-electron chi connectivity index (χ2n) is 8.33. The van der Waals surface area contributed by atoms with Crippen LogP contribution in [0.15, 0.2) is 24.3 Å². The highest BCUT2D eigenvalue weighted by atomic mass is 16.2. The lowest BCUT2D eigenvalue weighted by atomic mass is 10.0. The van der Waals surface area contributed by atoms with Gasteiger partial charge in [-0.15, -0.1) is 0 Å². The fourth-order valence-electron chi connectivity index (χ4n) is 4.76. The van der Waals surface area contributed by atoms with Crippen LogP contribution in [-0.4, -0.2) is 67.2 Å². The SMILES string of the molecule is O=C(NCc1ccccc1N1CCCCC1)N1CCC(N2CCCNC2=O)CC1. The number of nitrogens with zero attached hydrogens (tertiary/aromatic N) is 3. The van der Waals surface area contributed by atoms with Crippen molar-refractivity contribution in [3.63, 3.8) is 0 Å². The average Bonchev–Trinajstić information content (AvgIpc) is 2.79. The first-order chi connectivity index (χ1) is 14.2. The van der Waals surface area contributed by atoms with Crippen molar-refractivity contribution in [1.82, 2.24) is 20.4 Å². The largest absolute Gasteiger partial charge is 0.371 e. The van der Waals surface area contributed by atoms with Gasteiger partial charge < -0.3 is 25.3 Å². The number of rotatable bonds is 4. The quantitative estimate of drug-likeness (QED) is 0.818. The molecule has 158 valence electrons. The zero-order chi connectivity index (χ0) is 20.1. The van der Waals surface area contributed by atoms with Crippen molar-refractivity contribution in [2.24, 2.45) is 0 Å². The molecule has 2 N–H and O–H groups in total. The minimum absolute atomic E-state index is 0.00000656. The molecule has 1 aromatic rings. The molecular formula is C22H33N5O2. The van der Waals surface area contributed by atoms with Crippen LogP contribution in [0.2, 0.25) is 0 Å². The van der Waals surface area contributed by atoms with Crippen molar-refractivity contribution >= 4 is 17.7 Å². The molecule has 29 heavy (non-hydrogen) atoms. The zero-order valence-corrected chi connectivity index (χ0v) is 17.2. The van der Waals surface area contributed by atoms with Gasteiger partial charge in [0.25, 0.3) is 0 Å². The Balaban J connectivity index is 1.28. The Labute approximate surface area is 173 Å². The molecule has 0 aliphatic carbocycles. The van der Waals surface area contributed by atoms with Crippen LogP contribution >= 0.6 is 0 Å². The van der Waals surface area contributed by atoms with Gasteiger partial charge >= 0.3 is 12.1 Å². The Kier molecular flexibility index (Phi) is 6.42. The molecule has 0 spiro atoms. The zero-order valence-electron chi connectivity index (χ0n) is 17.2. The monoisotopic (exact) mass is 399 g/mol. The molecule has 4 rings (SSSR count). The Bertz CT molecular complexity index is 711. The molecule has 0 bridgehead atoms. The highest BCUT2D eigenvalue weighted by Crippen LogP contribution is 2.24. The average molecular weight is 400 g/mol. The number of anilines is 1. The number of carbonyl (C=O) groups is 2. The molecule has 3 saturated heterocycles. The van der Waals surface area contributed by atoms with Crippen molar-refractivity contribution < 1.29 is 9.59 Å². The normalized spacial score (nSPS) is 21.1. The number of piperidine rings is 2. The summed E-state index contributed by atoms with van der Waals surface area (Å²) in [5.41, 5.74) is 2.44. The summed E-state index contributed by atoms with van der Waals surface area (Å²) >= 11 is 0. The molecule has 3 aliphatic rings. The van der Waals surface area contributed by atoms with E-state index in [1.807, 2.05) is 15.9 Å². The highest BCUT2D eigenvalue weighted by molar-refractivity contribution is 5.76. The standard InChI is InChI=1S/C22H33N5O2/c28-21(26-15-9-19(10-16-26)27-14-6-11-23-22(27)29)24-17-18-7-2-3-8-20(18)25-12-4-1-5-13-25/h2-3,7-8,19H,1,4-6,9-17H2,(H,23,29)(H,24,28). The highest BCUT2D eigenvalue weighted by Gasteiger charge is 2.30. The van der Waals surface area contributed by atoms with E-state index in [0.717, 1.165) is 45.4 Å². The molecule has 1 aromatic carbocycles. The number of carbonyl (C=O) groups excluding carboxylic acids is 2. The molecular weight excluding hydrogens is 366 g/mol. The van der Waals surface area contributed by atoms with Gasteiger partial charge in [-0.25, -0.2) is 9.59 Å². The van der Waals surface area contributed by atoms with Crippen LogP contribution in [0.3, 0.4) is 0 Å². The van der Waals surface area contributed by atoms with Gasteiger partial charge in [0.1, 0.15) is 0 Å². The predicted octanol–water partition coefficient (Wildman–Crippen LogP) is 2.77. The predicted molar refractivity (Wildman–Crippen MR) is 114 cm³/mol. The van der Waals surface area contributed by atoms with E-state index >= 15 is 0 Å². The summed E-state index contributed by atoms with van der Waals surface area (Å²) in [6, 6.07) is 8.71. The van der Waals surface area contributed by atoms with Crippen LogP contribution in [0.5, 0.6) is 0 Å². The van der Waals surface area contributed by atoms with E-state index in [0.29, 0.717) is 19.6 Å². The number of benzene rings is 1. The van der Waals surface area contributed by atoms with Crippen molar-refractivity contribution in [3.05, 3.63) is 29.8 Å². The van der Waals surface area contributed by atoms with E-state index in [-0.39, 0.29) is 18.1 Å². The van der Waals surface area contributed by atoms with Crippen LogP contribution < -0.4 is 15.5 Å². The lowest BCUT2D eigenvalue weighted by Gasteiger charge is -2.40. The number of likely N-dealkylation sites (tertiary alicyclic amines) is 1. The van der Waals surface area contributed by atoms with Crippen molar-refractivity contribution in [3.8, 4) is 0 Å². The van der Waals surface area contributed by atoms with Gasteiger partial charge in [-0.2, -0.15) is 0 Å². The van der Waals surface area contributed by atoms with E-state index in [2.05, 4.69) is 33.7 Å². The second-order valence-corrected chi connectivity index (χ2v) is 8.33. The summed E-state index contributed by atoms with van der Waals surface area (Å²) in [5.74, 6) is 0. The maximum Gasteiger partial charge on any atom is 0.317 e. The van der Waals surface area contributed by atoms with Crippen molar-refractivity contribution in [2.45, 2.75) is 51.1 Å². The second kappa shape index (κ2) is 9.37. The molecule has 7 heteroatoms. The first-order valence-electron chi connectivity index (χ1n) is 11.1. The lowest BCUT2D eigenvalue weighted by molar-refractivity contribution is 0.118. The maximum atomic E-state index is 12.7. The Morgan fingerprint density at radius 2 is 1.76 bits per heavy atom. The maximum absolute atomic E-state index is 12.7. The van der Waals surface area contributed by atoms with Gasteiger partial charge in [0.05, 0.1) is 0 Å². The van der Waals surface area contributed by atoms with E-state index in [1.165, 1.54) is 30.5 Å². The summed E-state index contributed by atoms with van der Waals surface area (Å²) in [6.45, 7) is 5.76. The third-order valence-corrected chi connectivity index (χ3v) is 6.42. The molecule has 3 aliphatic heterocycles. The molecule has 0 saturated carbocycles. The van der Waals surface area contributed by atoms with E-state index in [1.54, 1.807) is 0 Å². The molecule has 0 aromatic heterocycles. The van der Waals surface area contributed by atoms with Crippen LogP contribution in [0.25, 0.3) is 0 Å². The Morgan fingerprint density at radius 1 is 1.00 bits per heavy atom. The van der Waals surface area contributed by atoms with Gasteiger partial charge in [-0.3, -0.25) is 0 Å². The van der Waals surface area contributed by atoms with Gasteiger partial charge in [0, 0.05) is 57.5 Å². The van der Waals surface area contributed by atoms with E-state index < -0.39 is 0 Å². The lowest BCUT2D eigenvalue weighted by Crippen LogP contribution is -2.55. The van der Waals surface area contributed by atoms with Gasteiger partial charge in [0.2, 0.25) is 0 Å². The molecule has 4 amide bonds. The number of nitrogens with one attached hydrogen (secondary N) is 2. The fraction of sp³-hybridized carbons (Fsp3) is 0.636. The van der Waals surface area contributed by atoms with Crippen LogP contribution in [0.1, 0.15) is 44.1 Å². The van der Waals surface area contributed by atoms with Crippen LogP contribution in [0.4, 0.5) is 15.3 Å². The van der Waals surface area contributed by atoms with Gasteiger partial charge in [-0.05, 0) is 50.2 Å². The molecule has 3 heterocycles. The summed E-state index contributed by atoms with van der Waals surface area (Å²) < 4.78 is 0. The van der Waals surface area contributed by atoms with Crippen molar-refractivity contribution in [1.29, 1.82) is 0 Å². The Hall–Kier alpha value is -2.44. The third-order valence-electron chi connectivity index (χ3n) is 6.42. The Morgan fingerprint density at radius 3 is 2.52 bits per heavy atom. The molecule has 0 radical (unpaired) electrons. The number of hydrogen-bond acceptors (Lipinski definition) is 3. The molecule has 3 fully saturated rings. The van der Waals surface area contributed by atoms with E-state index in [9.17, 15) is 9.59 Å². The van der Waals surface area contributed by atoms with Crippen LogP contribution in [0, 0.1) is 0 Å². The fourth-order valence-corrected chi connectivity index (χ4v) is 4.76. The van der Waals surface area contributed by atoms with E-state index in [4.69, 9.17) is 0 Å². The summed E-state index contributed by atoms with van der Waals surface area (Å²) in [6.07, 6.45) is 6.50. The minimum Gasteiger partial charge on any atom is -0.371 e. The van der Waals surface area contributed by atoms with Gasteiger partial charge in [0.15, 0.2) is 0 Å². The first kappa shape index (κ1) is 19.9. The third kappa shape index (κ3) is 4.77. The smallest absolute Gasteiger partial charge is 0.317 e. The van der Waals surface area contributed by atoms with Crippen LogP contribution in [-0.2, 0) is 6.54 Å². The minimum atomic E-state index is -0.00000656. The van der Waals surface area contributed by atoms with Gasteiger partial charge in [-0.1, -0.05) is 18.2 Å². The summed E-state index contributed by atoms with van der Waals surface area (Å²) in [5, 5.41) is 6.04. The summed E-state index contributed by atoms with van der Waals surface area (Å²) in [7, 11) is 0. The molecule has 0 unspecified atom stereocenters. The number of hydrogen-bond donors (Lipinski definition) is 2. The first-order valence-corrected chi connectivity index (χ1v) is 11.1.